The molecule has 0 aliphatic carbocycles. The smallest absolute Gasteiger partial charge is 0.407 e. The van der Waals surface area contributed by atoms with Crippen LogP contribution in [0.25, 0.3) is 0 Å². The van der Waals surface area contributed by atoms with E-state index in [1.807, 2.05) is 13.8 Å². The predicted molar refractivity (Wildman–Crippen MR) is 89.3 cm³/mol. The summed E-state index contributed by atoms with van der Waals surface area (Å²) in [6, 6.07) is -0.675. The molecule has 0 radical (unpaired) electrons. The molecule has 0 aliphatic heterocycles. The van der Waals surface area contributed by atoms with E-state index in [2.05, 4.69) is 12.2 Å². The maximum absolute atomic E-state index is 12.2. The lowest BCUT2D eigenvalue weighted by atomic mass is 9.99. The second-order valence-corrected chi connectivity index (χ2v) is 5.72. The third-order valence-corrected chi connectivity index (χ3v) is 3.75. The van der Waals surface area contributed by atoms with E-state index < -0.39 is 18.1 Å². The number of rotatable bonds is 13. The van der Waals surface area contributed by atoms with Gasteiger partial charge in [-0.2, -0.15) is 0 Å². The number of hydrogen-bond donors (Lipinski definition) is 1. The molecule has 0 spiro atoms. The van der Waals surface area contributed by atoms with Gasteiger partial charge in [0.1, 0.15) is 12.6 Å². The van der Waals surface area contributed by atoms with Crippen molar-refractivity contribution in [1.82, 2.24) is 5.32 Å². The lowest BCUT2D eigenvalue weighted by molar-refractivity contribution is -0.147. The Morgan fingerprint density at radius 2 is 1.65 bits per heavy atom. The van der Waals surface area contributed by atoms with Crippen LogP contribution in [0, 0.1) is 5.92 Å². The number of methoxy groups -OCH3 is 1. The second kappa shape index (κ2) is 14.3. The van der Waals surface area contributed by atoms with Crippen LogP contribution < -0.4 is 5.32 Å². The number of carbonyl (C=O) groups is 2. The first-order valence-electron chi connectivity index (χ1n) is 8.65. The number of amides is 1. The molecule has 0 aromatic carbocycles. The van der Waals surface area contributed by atoms with Crippen LogP contribution in [-0.4, -0.2) is 45.0 Å². The monoisotopic (exact) mass is 331 g/mol. The molecule has 0 aliphatic rings. The van der Waals surface area contributed by atoms with E-state index >= 15 is 0 Å². The minimum atomic E-state index is -0.675. The lowest BCUT2D eigenvalue weighted by Crippen LogP contribution is -2.46. The highest BCUT2D eigenvalue weighted by Gasteiger charge is 2.27. The van der Waals surface area contributed by atoms with Gasteiger partial charge >= 0.3 is 12.1 Å². The lowest BCUT2D eigenvalue weighted by Gasteiger charge is -2.22. The van der Waals surface area contributed by atoms with Crippen LogP contribution in [0.3, 0.4) is 0 Å². The zero-order valence-corrected chi connectivity index (χ0v) is 15.1. The fourth-order valence-corrected chi connectivity index (χ4v) is 2.02. The fraction of sp³-hybridized carbons (Fsp3) is 0.882. The van der Waals surface area contributed by atoms with Crippen molar-refractivity contribution in [2.24, 2.45) is 5.92 Å². The average Bonchev–Trinajstić information content (AvgIpc) is 2.55. The summed E-state index contributed by atoms with van der Waals surface area (Å²) in [5, 5.41) is 2.60. The number of carbonyl (C=O) groups excluding carboxylic acids is 2. The molecule has 2 unspecified atom stereocenters. The fourth-order valence-electron chi connectivity index (χ4n) is 2.02. The third kappa shape index (κ3) is 11.0. The summed E-state index contributed by atoms with van der Waals surface area (Å²) in [5.41, 5.74) is 0. The molecule has 0 aromatic rings. The molecule has 0 fully saturated rings. The van der Waals surface area contributed by atoms with Crippen molar-refractivity contribution >= 4 is 12.1 Å². The Bertz CT molecular complexity index is 322. The van der Waals surface area contributed by atoms with Gasteiger partial charge in [0, 0.05) is 7.11 Å². The molecular weight excluding hydrogens is 298 g/mol. The van der Waals surface area contributed by atoms with E-state index in [-0.39, 0.29) is 12.5 Å². The molecule has 1 N–H and O–H groups in total. The van der Waals surface area contributed by atoms with Crippen LogP contribution in [0.4, 0.5) is 4.79 Å². The van der Waals surface area contributed by atoms with Gasteiger partial charge in [0.25, 0.3) is 0 Å². The van der Waals surface area contributed by atoms with Crippen molar-refractivity contribution < 1.29 is 23.8 Å². The highest BCUT2D eigenvalue weighted by atomic mass is 16.6. The number of unbranched alkanes of at least 4 members (excludes halogenated alkanes) is 4. The van der Waals surface area contributed by atoms with E-state index in [0.29, 0.717) is 13.2 Å². The zero-order valence-electron chi connectivity index (χ0n) is 15.1. The van der Waals surface area contributed by atoms with Gasteiger partial charge in [-0.1, -0.05) is 52.9 Å². The van der Waals surface area contributed by atoms with Gasteiger partial charge in [-0.15, -0.1) is 0 Å². The summed E-state index contributed by atoms with van der Waals surface area (Å²) in [5.74, 6) is -0.406. The molecule has 136 valence electrons. The molecular formula is C17H33NO5. The summed E-state index contributed by atoms with van der Waals surface area (Å²) in [7, 11) is 1.53. The summed E-state index contributed by atoms with van der Waals surface area (Å²) < 4.78 is 15.1. The molecule has 1 amide bonds. The first-order chi connectivity index (χ1) is 11.1. The Labute approximate surface area is 140 Å². The van der Waals surface area contributed by atoms with Gasteiger partial charge in [0.15, 0.2) is 0 Å². The van der Waals surface area contributed by atoms with Gasteiger partial charge < -0.3 is 19.5 Å². The molecule has 0 saturated carbocycles. The van der Waals surface area contributed by atoms with Crippen molar-refractivity contribution in [3.05, 3.63) is 0 Å². The van der Waals surface area contributed by atoms with Crippen LogP contribution in [0.1, 0.15) is 59.3 Å². The zero-order chi connectivity index (χ0) is 17.5. The van der Waals surface area contributed by atoms with Gasteiger partial charge in [-0.05, 0) is 12.3 Å². The van der Waals surface area contributed by atoms with Crippen LogP contribution in [0.2, 0.25) is 0 Å². The summed E-state index contributed by atoms with van der Waals surface area (Å²) >= 11 is 0. The van der Waals surface area contributed by atoms with E-state index in [1.54, 1.807) is 0 Å². The normalized spacial score (nSPS) is 13.2. The van der Waals surface area contributed by atoms with Crippen LogP contribution in [0.15, 0.2) is 0 Å². The standard InChI is InChI=1S/C17H33NO5/c1-5-7-8-9-10-11-22-16(19)15(14(3)6-2)18-17(20)23-13-12-21-4/h14-15H,5-13H2,1-4H3,(H,18,20). The quantitative estimate of drug-likeness (QED) is 0.414. The largest absolute Gasteiger partial charge is 0.464 e. The van der Waals surface area contributed by atoms with Gasteiger partial charge in [0.05, 0.1) is 13.2 Å². The third-order valence-electron chi connectivity index (χ3n) is 3.75. The molecule has 2 atom stereocenters. The number of alkyl carbamates (subject to hydrolysis) is 1. The minimum absolute atomic E-state index is 0.0161. The molecule has 0 rings (SSSR count). The van der Waals surface area contributed by atoms with Gasteiger partial charge in [0.2, 0.25) is 0 Å². The Kier molecular flexibility index (Phi) is 13.5. The van der Waals surface area contributed by atoms with E-state index in [0.717, 1.165) is 25.7 Å². The van der Waals surface area contributed by atoms with E-state index in [1.165, 1.54) is 20.0 Å². The Hall–Kier alpha value is -1.30. The molecule has 6 heteroatoms. The molecule has 0 aromatic heterocycles. The molecule has 0 heterocycles. The van der Waals surface area contributed by atoms with Crippen molar-refractivity contribution in [2.45, 2.75) is 65.3 Å². The molecule has 23 heavy (non-hydrogen) atoms. The van der Waals surface area contributed by atoms with Crippen molar-refractivity contribution in [3.8, 4) is 0 Å². The topological polar surface area (TPSA) is 73.9 Å². The van der Waals surface area contributed by atoms with Crippen LogP contribution in [0.5, 0.6) is 0 Å². The number of nitrogens with one attached hydrogen (secondary N) is 1. The summed E-state index contributed by atoms with van der Waals surface area (Å²) in [6.45, 7) is 6.91. The van der Waals surface area contributed by atoms with E-state index in [4.69, 9.17) is 14.2 Å². The second-order valence-electron chi connectivity index (χ2n) is 5.72. The number of esters is 1. The van der Waals surface area contributed by atoms with Crippen molar-refractivity contribution in [3.63, 3.8) is 0 Å². The van der Waals surface area contributed by atoms with Crippen molar-refractivity contribution in [1.29, 1.82) is 0 Å². The maximum Gasteiger partial charge on any atom is 0.407 e. The Morgan fingerprint density at radius 3 is 2.26 bits per heavy atom. The van der Waals surface area contributed by atoms with Crippen molar-refractivity contribution in [2.75, 3.05) is 26.9 Å². The van der Waals surface area contributed by atoms with Gasteiger partial charge in [-0.3, -0.25) is 0 Å². The predicted octanol–water partition coefficient (Wildman–Crippen LogP) is 3.29. The van der Waals surface area contributed by atoms with Gasteiger partial charge in [-0.25, -0.2) is 9.59 Å². The SMILES string of the molecule is CCCCCCCOC(=O)C(NC(=O)OCCOC)C(C)CC. The summed E-state index contributed by atoms with van der Waals surface area (Å²) in [4.78, 5) is 23.9. The Balaban J connectivity index is 4.20. The van der Waals surface area contributed by atoms with Crippen LogP contribution in [-0.2, 0) is 19.0 Å². The summed E-state index contributed by atoms with van der Waals surface area (Å²) in [6.07, 6.45) is 5.61. The average molecular weight is 331 g/mol. The first kappa shape index (κ1) is 21.7. The molecule has 6 nitrogen and oxygen atoms in total. The maximum atomic E-state index is 12.2. The highest BCUT2D eigenvalue weighted by Crippen LogP contribution is 2.11. The number of ether oxygens (including phenoxy) is 3. The first-order valence-corrected chi connectivity index (χ1v) is 8.65. The van der Waals surface area contributed by atoms with E-state index in [9.17, 15) is 9.59 Å². The minimum Gasteiger partial charge on any atom is -0.464 e. The van der Waals surface area contributed by atoms with Crippen LogP contribution >= 0.6 is 0 Å². The molecule has 0 bridgehead atoms. The number of hydrogen-bond acceptors (Lipinski definition) is 5. The highest BCUT2D eigenvalue weighted by molar-refractivity contribution is 5.81. The Morgan fingerprint density at radius 1 is 0.957 bits per heavy atom. The molecule has 0 saturated heterocycles.